The Morgan fingerprint density at radius 2 is 2.37 bits per heavy atom. The number of amides is 1. The van der Waals surface area contributed by atoms with Gasteiger partial charge in [0, 0.05) is 17.6 Å². The van der Waals surface area contributed by atoms with Crippen molar-refractivity contribution in [3.05, 3.63) is 22.7 Å². The van der Waals surface area contributed by atoms with Crippen molar-refractivity contribution in [2.45, 2.75) is 18.9 Å². The Bertz CT molecular complexity index is 634. The normalized spacial score (nSPS) is 14.6. The van der Waals surface area contributed by atoms with Crippen LogP contribution in [0.2, 0.25) is 0 Å². The van der Waals surface area contributed by atoms with Gasteiger partial charge < -0.3 is 10.1 Å². The summed E-state index contributed by atoms with van der Waals surface area (Å²) in [6.45, 7) is 0.00905. The van der Waals surface area contributed by atoms with E-state index in [1.165, 1.54) is 0 Å². The van der Waals surface area contributed by atoms with Gasteiger partial charge >= 0.3 is 0 Å². The van der Waals surface area contributed by atoms with E-state index in [1.54, 1.807) is 4.68 Å². The molecule has 1 aliphatic carbocycles. The van der Waals surface area contributed by atoms with Crippen molar-refractivity contribution in [1.29, 1.82) is 0 Å². The van der Waals surface area contributed by atoms with Crippen LogP contribution in [-0.2, 0) is 11.8 Å². The maximum atomic E-state index is 11.6. The number of carbonyl (C=O) groups excluding carboxylic acids is 1. The van der Waals surface area contributed by atoms with Gasteiger partial charge in [-0.05, 0) is 31.0 Å². The summed E-state index contributed by atoms with van der Waals surface area (Å²) >= 11 is 3.42. The van der Waals surface area contributed by atoms with Crippen LogP contribution in [0.3, 0.4) is 0 Å². The molecule has 1 aromatic carbocycles. The summed E-state index contributed by atoms with van der Waals surface area (Å²) in [4.78, 5) is 11.6. The van der Waals surface area contributed by atoms with Gasteiger partial charge in [0.15, 0.2) is 6.61 Å². The summed E-state index contributed by atoms with van der Waals surface area (Å²) in [6.07, 6.45) is 2.15. The third-order valence-corrected chi connectivity index (χ3v) is 3.55. The van der Waals surface area contributed by atoms with E-state index in [0.717, 1.165) is 28.2 Å². The Morgan fingerprint density at radius 1 is 1.58 bits per heavy atom. The lowest BCUT2D eigenvalue weighted by Gasteiger charge is -2.04. The number of carbonyl (C=O) groups is 1. The quantitative estimate of drug-likeness (QED) is 0.936. The Kier molecular flexibility index (Phi) is 3.18. The molecule has 6 heteroatoms. The van der Waals surface area contributed by atoms with Gasteiger partial charge in [0.05, 0.1) is 10.9 Å². The number of aryl methyl sites for hydroxylation is 1. The van der Waals surface area contributed by atoms with Crippen molar-refractivity contribution in [2.24, 2.45) is 7.05 Å². The monoisotopic (exact) mass is 323 g/mol. The van der Waals surface area contributed by atoms with Crippen LogP contribution in [-0.4, -0.2) is 28.3 Å². The molecule has 1 aromatic heterocycles. The Hall–Kier alpha value is -1.56. The van der Waals surface area contributed by atoms with E-state index < -0.39 is 0 Å². The van der Waals surface area contributed by atoms with E-state index in [-0.39, 0.29) is 12.5 Å². The molecule has 1 heterocycles. The first kappa shape index (κ1) is 12.5. The second-order valence-electron chi connectivity index (χ2n) is 4.72. The first-order valence-corrected chi connectivity index (χ1v) is 6.97. The molecule has 0 atom stereocenters. The van der Waals surface area contributed by atoms with Gasteiger partial charge in [-0.25, -0.2) is 0 Å². The Morgan fingerprint density at radius 3 is 3.11 bits per heavy atom. The second kappa shape index (κ2) is 4.85. The largest absolute Gasteiger partial charge is 0.466 e. The van der Waals surface area contributed by atoms with Gasteiger partial charge in [-0.15, -0.1) is 5.10 Å². The summed E-state index contributed by atoms with van der Waals surface area (Å²) in [5.74, 6) is 0.404. The molecule has 3 rings (SSSR count). The van der Waals surface area contributed by atoms with E-state index in [2.05, 4.69) is 26.3 Å². The number of hydrogen-bond acceptors (Lipinski definition) is 3. The van der Waals surface area contributed by atoms with Crippen molar-refractivity contribution in [3.63, 3.8) is 0 Å². The number of nitrogens with zero attached hydrogens (tertiary/aromatic N) is 2. The van der Waals surface area contributed by atoms with Crippen LogP contribution < -0.4 is 10.1 Å². The molecule has 1 saturated carbocycles. The van der Waals surface area contributed by atoms with Crippen molar-refractivity contribution in [1.82, 2.24) is 15.1 Å². The van der Waals surface area contributed by atoms with Crippen LogP contribution >= 0.6 is 15.9 Å². The maximum Gasteiger partial charge on any atom is 0.258 e. The smallest absolute Gasteiger partial charge is 0.258 e. The lowest BCUT2D eigenvalue weighted by Crippen LogP contribution is -2.30. The van der Waals surface area contributed by atoms with Crippen molar-refractivity contribution >= 4 is 32.7 Å². The standard InChI is InChI=1S/C13H14BrN3O2/c1-17-11-5-2-8(14)6-10(11)13(16-17)19-7-12(18)15-9-3-4-9/h2,5-6,9H,3-4,7H2,1H3,(H,15,18). The summed E-state index contributed by atoms with van der Waals surface area (Å²) < 4.78 is 8.23. The molecular formula is C13H14BrN3O2. The lowest BCUT2D eigenvalue weighted by molar-refractivity contribution is -0.123. The molecule has 100 valence electrons. The zero-order valence-corrected chi connectivity index (χ0v) is 12.1. The fourth-order valence-corrected chi connectivity index (χ4v) is 2.30. The fraction of sp³-hybridized carbons (Fsp3) is 0.385. The molecule has 2 aromatic rings. The van der Waals surface area contributed by atoms with Crippen molar-refractivity contribution in [2.75, 3.05) is 6.61 Å². The van der Waals surface area contributed by atoms with Crippen LogP contribution in [0, 0.1) is 0 Å². The van der Waals surface area contributed by atoms with E-state index in [0.29, 0.717) is 11.9 Å². The highest BCUT2D eigenvalue weighted by Crippen LogP contribution is 2.27. The topological polar surface area (TPSA) is 56.2 Å². The first-order valence-electron chi connectivity index (χ1n) is 6.18. The van der Waals surface area contributed by atoms with Gasteiger partial charge in [0.2, 0.25) is 5.88 Å². The van der Waals surface area contributed by atoms with Gasteiger partial charge in [-0.1, -0.05) is 15.9 Å². The number of rotatable bonds is 4. The van der Waals surface area contributed by atoms with Crippen LogP contribution in [0.15, 0.2) is 22.7 Å². The van der Waals surface area contributed by atoms with Crippen LogP contribution in [0.25, 0.3) is 10.9 Å². The zero-order chi connectivity index (χ0) is 13.4. The molecule has 0 unspecified atom stereocenters. The average Bonchev–Trinajstić information content (AvgIpc) is 3.12. The first-order chi connectivity index (χ1) is 9.13. The highest BCUT2D eigenvalue weighted by Gasteiger charge is 2.23. The van der Waals surface area contributed by atoms with E-state index in [9.17, 15) is 4.79 Å². The van der Waals surface area contributed by atoms with Crippen molar-refractivity contribution < 1.29 is 9.53 Å². The van der Waals surface area contributed by atoms with Crippen LogP contribution in [0.1, 0.15) is 12.8 Å². The highest BCUT2D eigenvalue weighted by molar-refractivity contribution is 9.10. The average molecular weight is 324 g/mol. The van der Waals surface area contributed by atoms with Gasteiger partial charge in [-0.3, -0.25) is 9.48 Å². The summed E-state index contributed by atoms with van der Waals surface area (Å²) in [7, 11) is 1.85. The fourth-order valence-electron chi connectivity index (χ4n) is 1.94. The maximum absolute atomic E-state index is 11.6. The number of fused-ring (bicyclic) bond motifs is 1. The predicted molar refractivity (Wildman–Crippen MR) is 75.1 cm³/mol. The molecule has 0 spiro atoms. The van der Waals surface area contributed by atoms with Gasteiger partial charge in [-0.2, -0.15) is 0 Å². The predicted octanol–water partition coefficient (Wildman–Crippen LogP) is 1.99. The minimum absolute atomic E-state index is 0.00905. The molecule has 1 aliphatic rings. The van der Waals surface area contributed by atoms with E-state index in [4.69, 9.17) is 4.74 Å². The molecule has 0 aliphatic heterocycles. The summed E-state index contributed by atoms with van der Waals surface area (Å²) in [5.41, 5.74) is 0.973. The number of aromatic nitrogens is 2. The molecule has 0 bridgehead atoms. The third kappa shape index (κ3) is 2.73. The highest BCUT2D eigenvalue weighted by atomic mass is 79.9. The van der Waals surface area contributed by atoms with Crippen LogP contribution in [0.4, 0.5) is 0 Å². The van der Waals surface area contributed by atoms with Gasteiger partial charge in [0.1, 0.15) is 0 Å². The lowest BCUT2D eigenvalue weighted by atomic mass is 10.2. The number of halogens is 1. The van der Waals surface area contributed by atoms with Gasteiger partial charge in [0.25, 0.3) is 5.91 Å². The van der Waals surface area contributed by atoms with E-state index in [1.807, 2.05) is 25.2 Å². The molecule has 1 fully saturated rings. The number of nitrogens with one attached hydrogen (secondary N) is 1. The molecular weight excluding hydrogens is 310 g/mol. The molecule has 19 heavy (non-hydrogen) atoms. The molecule has 0 saturated heterocycles. The minimum Gasteiger partial charge on any atom is -0.466 e. The molecule has 1 amide bonds. The molecule has 0 radical (unpaired) electrons. The summed E-state index contributed by atoms with van der Waals surface area (Å²) in [5, 5.41) is 8.07. The Labute approximate surface area is 119 Å². The van der Waals surface area contributed by atoms with Crippen LogP contribution in [0.5, 0.6) is 5.88 Å². The van der Waals surface area contributed by atoms with Crippen molar-refractivity contribution in [3.8, 4) is 5.88 Å². The number of hydrogen-bond donors (Lipinski definition) is 1. The second-order valence-corrected chi connectivity index (χ2v) is 5.64. The van der Waals surface area contributed by atoms with E-state index >= 15 is 0 Å². The zero-order valence-electron chi connectivity index (χ0n) is 10.5. The third-order valence-electron chi connectivity index (χ3n) is 3.06. The number of benzene rings is 1. The SMILES string of the molecule is Cn1nc(OCC(=O)NC2CC2)c2cc(Br)ccc21. The number of ether oxygens (including phenoxy) is 1. The minimum atomic E-state index is -0.0868. The molecule has 5 nitrogen and oxygen atoms in total. The summed E-state index contributed by atoms with van der Waals surface area (Å²) in [6, 6.07) is 6.21. The molecule has 1 N–H and O–H groups in total. The Balaban J connectivity index is 1.76.